The number of hydrogen-bond acceptors (Lipinski definition) is 3. The monoisotopic (exact) mass is 252 g/mol. The molecule has 2 rings (SSSR count). The molecule has 0 aliphatic carbocycles. The van der Waals surface area contributed by atoms with E-state index in [1.165, 1.54) is 0 Å². The van der Waals surface area contributed by atoms with Gasteiger partial charge >= 0.3 is 7.12 Å². The topological polar surface area (TPSA) is 35.5 Å². The first-order valence-electron chi connectivity index (χ1n) is 5.73. The minimum Gasteiger partial charge on any atom is -0.404 e. The first kappa shape index (κ1) is 12.9. The van der Waals surface area contributed by atoms with Crippen molar-refractivity contribution in [3.8, 4) is 0 Å². The highest BCUT2D eigenvalue weighted by Crippen LogP contribution is 2.33. The predicted molar refractivity (Wildman–Crippen MR) is 72.0 cm³/mol. The van der Waals surface area contributed by atoms with E-state index in [-0.39, 0.29) is 12.7 Å². The average molecular weight is 252 g/mol. The van der Waals surface area contributed by atoms with Crippen LogP contribution in [0.15, 0.2) is 24.3 Å². The molecule has 0 unspecified atom stereocenters. The van der Waals surface area contributed by atoms with Gasteiger partial charge in [-0.2, -0.15) is 0 Å². The fourth-order valence-corrected chi connectivity index (χ4v) is 2.66. The molecule has 1 aromatic rings. The fraction of sp³-hybridized carbons (Fsp3) is 0.500. The smallest absolute Gasteiger partial charge is 0.404 e. The minimum absolute atomic E-state index is 0.228. The van der Waals surface area contributed by atoms with E-state index in [9.17, 15) is 4.57 Å². The summed E-state index contributed by atoms with van der Waals surface area (Å²) in [7, 11) is -2.48. The summed E-state index contributed by atoms with van der Waals surface area (Å²) in [5.41, 5.74) is 0.751. The molecule has 0 aromatic heterocycles. The molecule has 0 radical (unpaired) electrons. The van der Waals surface area contributed by atoms with Gasteiger partial charge in [0.2, 0.25) is 0 Å². The fourth-order valence-electron chi connectivity index (χ4n) is 1.79. The third-order valence-corrected chi connectivity index (χ3v) is 4.34. The van der Waals surface area contributed by atoms with E-state index in [0.29, 0.717) is 6.61 Å². The van der Waals surface area contributed by atoms with Gasteiger partial charge in [0, 0.05) is 5.30 Å². The van der Waals surface area contributed by atoms with Gasteiger partial charge in [-0.05, 0) is 32.6 Å². The van der Waals surface area contributed by atoms with Gasteiger partial charge in [-0.3, -0.25) is 0 Å². The van der Waals surface area contributed by atoms with Crippen molar-refractivity contribution in [2.24, 2.45) is 0 Å². The van der Waals surface area contributed by atoms with Crippen LogP contribution < -0.4 is 10.8 Å². The van der Waals surface area contributed by atoms with Gasteiger partial charge in [-0.1, -0.05) is 24.3 Å². The Bertz CT molecular complexity index is 449. The highest BCUT2D eigenvalue weighted by atomic mass is 31.2. The third kappa shape index (κ3) is 3.01. The Labute approximate surface area is 103 Å². The Kier molecular flexibility index (Phi) is 3.24. The molecule has 92 valence electrons. The number of hydrogen-bond donors (Lipinski definition) is 0. The maximum absolute atomic E-state index is 11.9. The summed E-state index contributed by atoms with van der Waals surface area (Å²) in [5, 5.41) is 0.888. The van der Waals surface area contributed by atoms with Crippen LogP contribution in [-0.4, -0.2) is 32.7 Å². The first-order valence-corrected chi connectivity index (χ1v) is 8.33. The molecular formula is C12H18BO3P. The van der Waals surface area contributed by atoms with Gasteiger partial charge in [0.15, 0.2) is 0 Å². The Balaban J connectivity index is 2.17. The molecule has 1 aliphatic rings. The Morgan fingerprint density at radius 2 is 1.82 bits per heavy atom. The highest BCUT2D eigenvalue weighted by Gasteiger charge is 2.38. The van der Waals surface area contributed by atoms with E-state index in [1.807, 2.05) is 38.1 Å². The number of benzene rings is 1. The maximum Gasteiger partial charge on any atom is 0.494 e. The Morgan fingerprint density at radius 1 is 1.24 bits per heavy atom. The second-order valence-corrected chi connectivity index (χ2v) is 8.68. The van der Waals surface area contributed by atoms with Gasteiger partial charge in [-0.15, -0.1) is 0 Å². The molecule has 0 saturated carbocycles. The SMILES string of the molecule is CC1(C)COB(c2ccc(P(C)(C)=O)cc2)O1. The lowest BCUT2D eigenvalue weighted by Gasteiger charge is -2.15. The van der Waals surface area contributed by atoms with E-state index in [2.05, 4.69) is 0 Å². The lowest BCUT2D eigenvalue weighted by atomic mass is 9.79. The van der Waals surface area contributed by atoms with Crippen LogP contribution in [0.2, 0.25) is 0 Å². The quantitative estimate of drug-likeness (QED) is 0.590. The summed E-state index contributed by atoms with van der Waals surface area (Å²) in [6, 6.07) is 7.66. The van der Waals surface area contributed by atoms with Crippen molar-refractivity contribution in [3.63, 3.8) is 0 Å². The average Bonchev–Trinajstić information content (AvgIpc) is 2.58. The molecule has 1 heterocycles. The maximum atomic E-state index is 11.9. The number of rotatable bonds is 2. The van der Waals surface area contributed by atoms with Crippen LogP contribution in [0.5, 0.6) is 0 Å². The summed E-state index contributed by atoms with van der Waals surface area (Å²) in [4.78, 5) is 0. The van der Waals surface area contributed by atoms with Crippen molar-refractivity contribution in [2.75, 3.05) is 19.9 Å². The highest BCUT2D eigenvalue weighted by molar-refractivity contribution is 7.70. The third-order valence-electron chi connectivity index (χ3n) is 2.80. The van der Waals surface area contributed by atoms with E-state index < -0.39 is 7.14 Å². The van der Waals surface area contributed by atoms with Crippen molar-refractivity contribution in [3.05, 3.63) is 24.3 Å². The molecular weight excluding hydrogens is 234 g/mol. The molecule has 0 N–H and O–H groups in total. The summed E-state index contributed by atoms with van der Waals surface area (Å²) in [6.07, 6.45) is 0. The van der Waals surface area contributed by atoms with E-state index >= 15 is 0 Å². The van der Waals surface area contributed by atoms with Crippen LogP contribution in [0.4, 0.5) is 0 Å². The van der Waals surface area contributed by atoms with Crippen LogP contribution in [-0.2, 0) is 13.9 Å². The van der Waals surface area contributed by atoms with Gasteiger partial charge in [0.25, 0.3) is 0 Å². The lowest BCUT2D eigenvalue weighted by molar-refractivity contribution is 0.137. The van der Waals surface area contributed by atoms with Crippen molar-refractivity contribution < 1.29 is 13.9 Å². The zero-order valence-electron chi connectivity index (χ0n) is 10.8. The van der Waals surface area contributed by atoms with Gasteiger partial charge in [0.05, 0.1) is 12.2 Å². The Hall–Kier alpha value is -0.565. The molecule has 0 amide bonds. The van der Waals surface area contributed by atoms with Crippen molar-refractivity contribution >= 4 is 25.0 Å². The second-order valence-electron chi connectivity index (χ2n) is 5.46. The zero-order valence-corrected chi connectivity index (χ0v) is 11.7. The summed E-state index contributed by atoms with van der Waals surface area (Å²) in [6.45, 7) is 8.15. The molecule has 0 bridgehead atoms. The van der Waals surface area contributed by atoms with Gasteiger partial charge in [-0.25, -0.2) is 0 Å². The van der Waals surface area contributed by atoms with Gasteiger partial charge < -0.3 is 13.9 Å². The van der Waals surface area contributed by atoms with Crippen molar-refractivity contribution in [2.45, 2.75) is 19.4 Å². The van der Waals surface area contributed by atoms with Crippen LogP contribution in [0.3, 0.4) is 0 Å². The predicted octanol–water partition coefficient (Wildman–Crippen LogP) is 1.46. The van der Waals surface area contributed by atoms with Crippen LogP contribution >= 0.6 is 7.14 Å². The Morgan fingerprint density at radius 3 is 2.24 bits per heavy atom. The first-order chi connectivity index (χ1) is 7.78. The second kappa shape index (κ2) is 4.27. The molecule has 3 nitrogen and oxygen atoms in total. The lowest BCUT2D eigenvalue weighted by Crippen LogP contribution is -2.34. The zero-order chi connectivity index (χ0) is 12.7. The van der Waals surface area contributed by atoms with Crippen LogP contribution in [0.25, 0.3) is 0 Å². The largest absolute Gasteiger partial charge is 0.494 e. The molecule has 17 heavy (non-hydrogen) atoms. The minimum atomic E-state index is -2.18. The van der Waals surface area contributed by atoms with Crippen LogP contribution in [0, 0.1) is 0 Å². The van der Waals surface area contributed by atoms with E-state index in [1.54, 1.807) is 13.3 Å². The van der Waals surface area contributed by atoms with E-state index in [4.69, 9.17) is 9.31 Å². The molecule has 0 atom stereocenters. The van der Waals surface area contributed by atoms with Crippen LogP contribution in [0.1, 0.15) is 13.8 Å². The molecule has 1 aliphatic heterocycles. The standard InChI is InChI=1S/C12H18BO3P/c1-12(2)9-15-13(16-12)10-5-7-11(8-6-10)17(3,4)14/h5-8H,9H2,1-4H3. The van der Waals surface area contributed by atoms with Crippen molar-refractivity contribution in [1.82, 2.24) is 0 Å². The summed E-state index contributed by atoms with van der Waals surface area (Å²) < 4.78 is 23.2. The summed E-state index contributed by atoms with van der Waals surface area (Å²) >= 11 is 0. The van der Waals surface area contributed by atoms with Crippen molar-refractivity contribution in [1.29, 1.82) is 0 Å². The normalized spacial score (nSPS) is 19.6. The molecule has 0 spiro atoms. The molecule has 1 aromatic carbocycles. The molecule has 1 saturated heterocycles. The molecule has 5 heteroatoms. The summed E-state index contributed by atoms with van der Waals surface area (Å²) in [5.74, 6) is 0. The molecule has 1 fully saturated rings. The van der Waals surface area contributed by atoms with E-state index in [0.717, 1.165) is 10.8 Å². The van der Waals surface area contributed by atoms with Gasteiger partial charge in [0.1, 0.15) is 7.14 Å².